The number of fused-ring (bicyclic) bond motifs is 1. The Balaban J connectivity index is 2.82. The van der Waals surface area contributed by atoms with Gasteiger partial charge < -0.3 is 4.74 Å². The van der Waals surface area contributed by atoms with Crippen molar-refractivity contribution in [3.05, 3.63) is 24.2 Å². The SMILES string of the molecule is COc1ncc(C=C=O)c2nccnc12. The summed E-state index contributed by atoms with van der Waals surface area (Å²) in [4.78, 5) is 22.5. The Kier molecular flexibility index (Phi) is 2.39. The molecule has 2 rings (SSSR count). The van der Waals surface area contributed by atoms with Crippen molar-refractivity contribution in [3.63, 3.8) is 0 Å². The average Bonchev–Trinajstić information content (AvgIpc) is 2.30. The topological polar surface area (TPSA) is 65.0 Å². The summed E-state index contributed by atoms with van der Waals surface area (Å²) < 4.78 is 5.03. The van der Waals surface area contributed by atoms with Crippen molar-refractivity contribution in [2.75, 3.05) is 7.11 Å². The fourth-order valence-corrected chi connectivity index (χ4v) is 1.27. The summed E-state index contributed by atoms with van der Waals surface area (Å²) in [5.41, 5.74) is 1.69. The zero-order chi connectivity index (χ0) is 10.7. The second-order valence-electron chi connectivity index (χ2n) is 2.74. The molecule has 0 spiro atoms. The van der Waals surface area contributed by atoms with Gasteiger partial charge in [0.25, 0.3) is 0 Å². The Bertz CT molecular complexity index is 547. The molecule has 0 aliphatic rings. The van der Waals surface area contributed by atoms with Crippen LogP contribution in [-0.4, -0.2) is 28.0 Å². The zero-order valence-electron chi connectivity index (χ0n) is 7.97. The molecule has 0 saturated heterocycles. The molecule has 0 radical (unpaired) electrons. The molecule has 0 unspecified atom stereocenters. The van der Waals surface area contributed by atoms with Crippen molar-refractivity contribution in [1.82, 2.24) is 15.0 Å². The fourth-order valence-electron chi connectivity index (χ4n) is 1.27. The lowest BCUT2D eigenvalue weighted by Gasteiger charge is -2.03. The molecular weight excluding hydrogens is 194 g/mol. The molecule has 0 atom stereocenters. The maximum Gasteiger partial charge on any atom is 0.241 e. The van der Waals surface area contributed by atoms with Crippen LogP contribution in [0, 0.1) is 0 Å². The lowest BCUT2D eigenvalue weighted by atomic mass is 10.2. The first-order chi connectivity index (χ1) is 7.36. The largest absolute Gasteiger partial charge is 0.479 e. The fraction of sp³-hybridized carbons (Fsp3) is 0.100. The Labute approximate surface area is 85.5 Å². The van der Waals surface area contributed by atoms with Gasteiger partial charge >= 0.3 is 0 Å². The first-order valence-corrected chi connectivity index (χ1v) is 4.21. The second-order valence-corrected chi connectivity index (χ2v) is 2.74. The van der Waals surface area contributed by atoms with E-state index in [9.17, 15) is 4.79 Å². The molecule has 0 aliphatic heterocycles. The minimum Gasteiger partial charge on any atom is -0.479 e. The lowest BCUT2D eigenvalue weighted by Crippen LogP contribution is -1.94. The Morgan fingerprint density at radius 3 is 2.67 bits per heavy atom. The summed E-state index contributed by atoms with van der Waals surface area (Å²) in [7, 11) is 1.51. The number of pyridine rings is 1. The smallest absolute Gasteiger partial charge is 0.241 e. The van der Waals surface area contributed by atoms with Gasteiger partial charge in [-0.05, 0) is 0 Å². The van der Waals surface area contributed by atoms with Crippen molar-refractivity contribution < 1.29 is 9.53 Å². The number of hydrogen-bond acceptors (Lipinski definition) is 5. The summed E-state index contributed by atoms with van der Waals surface area (Å²) in [6.07, 6.45) is 5.86. The van der Waals surface area contributed by atoms with E-state index < -0.39 is 0 Å². The predicted octanol–water partition coefficient (Wildman–Crippen LogP) is 0.878. The molecule has 0 aromatic carbocycles. The molecule has 0 bridgehead atoms. The molecule has 0 saturated carbocycles. The van der Waals surface area contributed by atoms with Crippen molar-refractivity contribution in [2.24, 2.45) is 0 Å². The van der Waals surface area contributed by atoms with Gasteiger partial charge in [-0.25, -0.2) is 14.8 Å². The highest BCUT2D eigenvalue weighted by Crippen LogP contribution is 2.21. The number of ether oxygens (including phenoxy) is 1. The zero-order valence-corrected chi connectivity index (χ0v) is 7.97. The van der Waals surface area contributed by atoms with E-state index in [4.69, 9.17) is 4.74 Å². The van der Waals surface area contributed by atoms with Gasteiger partial charge in [0.1, 0.15) is 11.5 Å². The van der Waals surface area contributed by atoms with Crippen LogP contribution in [-0.2, 0) is 4.79 Å². The third-order valence-electron chi connectivity index (χ3n) is 1.90. The molecule has 5 nitrogen and oxygen atoms in total. The predicted molar refractivity (Wildman–Crippen MR) is 54.0 cm³/mol. The summed E-state index contributed by atoms with van der Waals surface area (Å²) >= 11 is 0. The van der Waals surface area contributed by atoms with Crippen molar-refractivity contribution in [1.29, 1.82) is 0 Å². The highest BCUT2D eigenvalue weighted by Gasteiger charge is 2.07. The van der Waals surface area contributed by atoms with E-state index in [0.717, 1.165) is 0 Å². The molecule has 0 aliphatic carbocycles. The molecule has 2 aromatic heterocycles. The van der Waals surface area contributed by atoms with Gasteiger partial charge in [-0.3, -0.25) is 4.98 Å². The van der Waals surface area contributed by atoms with Gasteiger partial charge in [-0.2, -0.15) is 0 Å². The highest BCUT2D eigenvalue weighted by molar-refractivity contribution is 5.91. The van der Waals surface area contributed by atoms with E-state index in [1.165, 1.54) is 19.4 Å². The van der Waals surface area contributed by atoms with Gasteiger partial charge in [0.15, 0.2) is 5.52 Å². The van der Waals surface area contributed by atoms with E-state index in [-0.39, 0.29) is 0 Å². The average molecular weight is 201 g/mol. The van der Waals surface area contributed by atoms with E-state index >= 15 is 0 Å². The van der Waals surface area contributed by atoms with Crippen LogP contribution in [0.1, 0.15) is 5.56 Å². The normalized spacial score (nSPS) is 9.67. The molecule has 0 N–H and O–H groups in total. The Morgan fingerprint density at radius 2 is 2.00 bits per heavy atom. The lowest BCUT2D eigenvalue weighted by molar-refractivity contribution is 0.402. The van der Waals surface area contributed by atoms with Crippen LogP contribution >= 0.6 is 0 Å². The Hall–Kier alpha value is -2.26. The van der Waals surface area contributed by atoms with Gasteiger partial charge in [-0.15, -0.1) is 0 Å². The highest BCUT2D eigenvalue weighted by atomic mass is 16.5. The van der Waals surface area contributed by atoms with E-state index in [2.05, 4.69) is 15.0 Å². The number of nitrogens with zero attached hydrogens (tertiary/aromatic N) is 3. The standard InChI is InChI=1S/C10H7N3O2/c1-15-10-9-8(11-3-4-12-9)7(2-5-14)6-13-10/h2-4,6H,1H3. The van der Waals surface area contributed by atoms with Crippen molar-refractivity contribution in [3.8, 4) is 5.88 Å². The Morgan fingerprint density at radius 1 is 1.27 bits per heavy atom. The monoisotopic (exact) mass is 201 g/mol. The summed E-state index contributed by atoms with van der Waals surface area (Å²) in [5.74, 6) is 2.08. The summed E-state index contributed by atoms with van der Waals surface area (Å²) in [6, 6.07) is 0. The van der Waals surface area contributed by atoms with Crippen LogP contribution in [0.4, 0.5) is 0 Å². The molecule has 2 aromatic rings. The van der Waals surface area contributed by atoms with Crippen LogP contribution in [0.3, 0.4) is 0 Å². The minimum absolute atomic E-state index is 0.390. The number of aromatic nitrogens is 3. The number of rotatable bonds is 2. The molecule has 74 valence electrons. The first-order valence-electron chi connectivity index (χ1n) is 4.21. The second kappa shape index (κ2) is 3.86. The van der Waals surface area contributed by atoms with Crippen LogP contribution in [0.25, 0.3) is 17.1 Å². The van der Waals surface area contributed by atoms with Crippen LogP contribution in [0.2, 0.25) is 0 Å². The third kappa shape index (κ3) is 1.56. The van der Waals surface area contributed by atoms with Crippen LogP contribution in [0.15, 0.2) is 18.6 Å². The molecule has 5 heteroatoms. The van der Waals surface area contributed by atoms with Crippen LogP contribution in [0.5, 0.6) is 5.88 Å². The van der Waals surface area contributed by atoms with Gasteiger partial charge in [-0.1, -0.05) is 0 Å². The van der Waals surface area contributed by atoms with Crippen LogP contribution < -0.4 is 4.74 Å². The first kappa shape index (κ1) is 9.30. The maximum atomic E-state index is 10.3. The molecule has 2 heterocycles. The summed E-state index contributed by atoms with van der Waals surface area (Å²) in [5, 5.41) is 0. The number of methoxy groups -OCH3 is 1. The maximum absolute atomic E-state index is 10.3. The van der Waals surface area contributed by atoms with Gasteiger partial charge in [0.05, 0.1) is 7.11 Å². The van der Waals surface area contributed by atoms with E-state index in [1.807, 2.05) is 0 Å². The number of carbonyl (C=O) groups excluding carboxylic acids is 1. The van der Waals surface area contributed by atoms with Crippen molar-refractivity contribution >= 4 is 23.1 Å². The quantitative estimate of drug-likeness (QED) is 0.675. The van der Waals surface area contributed by atoms with E-state index in [0.29, 0.717) is 22.5 Å². The summed E-state index contributed by atoms with van der Waals surface area (Å²) in [6.45, 7) is 0. The molecule has 0 amide bonds. The van der Waals surface area contributed by atoms with E-state index in [1.54, 1.807) is 18.3 Å². The van der Waals surface area contributed by atoms with Crippen molar-refractivity contribution in [2.45, 2.75) is 0 Å². The third-order valence-corrected chi connectivity index (χ3v) is 1.90. The molecule has 0 fully saturated rings. The van der Waals surface area contributed by atoms with Gasteiger partial charge in [0.2, 0.25) is 5.88 Å². The van der Waals surface area contributed by atoms with Gasteiger partial charge in [0, 0.05) is 30.2 Å². The molecular formula is C10H7N3O2. The molecule has 15 heavy (non-hydrogen) atoms. The minimum atomic E-state index is 0.390. The number of hydrogen-bond donors (Lipinski definition) is 0.